The average Bonchev–Trinajstić information content (AvgIpc) is 3.82. The summed E-state index contributed by atoms with van der Waals surface area (Å²) in [5.74, 6) is 0. The van der Waals surface area contributed by atoms with Gasteiger partial charge in [0.25, 0.3) is 0 Å². The first-order chi connectivity index (χ1) is 31.8. The van der Waals surface area contributed by atoms with Gasteiger partial charge in [0.05, 0.1) is 16.6 Å². The summed E-state index contributed by atoms with van der Waals surface area (Å²) < 4.78 is 2.53. The van der Waals surface area contributed by atoms with E-state index in [1.54, 1.807) is 0 Å². The lowest BCUT2D eigenvalue weighted by Gasteiger charge is -2.23. The maximum absolute atomic E-state index is 4.02. The predicted molar refractivity (Wildman–Crippen MR) is 297 cm³/mol. The van der Waals surface area contributed by atoms with Crippen molar-refractivity contribution in [1.82, 2.24) is 9.55 Å². The minimum absolute atomic E-state index is 0.0261. The Morgan fingerprint density at radius 3 is 1.46 bits per heavy atom. The van der Waals surface area contributed by atoms with E-state index in [-0.39, 0.29) is 27.1 Å². The second-order valence-corrected chi connectivity index (χ2v) is 25.0. The molecule has 68 heavy (non-hydrogen) atoms. The zero-order chi connectivity index (χ0) is 48.5. The number of aromatic nitrogens is 2. The summed E-state index contributed by atoms with van der Waals surface area (Å²) in [7, 11) is 0. The highest BCUT2D eigenvalue weighted by Gasteiger charge is 2.25. The molecule has 2 nitrogen and oxygen atoms in total. The molecule has 8 aromatic carbocycles. The molecule has 10 aromatic rings. The van der Waals surface area contributed by atoms with Gasteiger partial charge in [-0.25, -0.2) is 0 Å². The molecule has 0 fully saturated rings. The number of benzene rings is 8. The smallest absolute Gasteiger partial charge is 0.0545 e. The summed E-state index contributed by atoms with van der Waals surface area (Å²) in [6, 6.07) is 56.5. The number of hydrogen-bond acceptors (Lipinski definition) is 0. The Bertz CT molecular complexity index is 3530. The van der Waals surface area contributed by atoms with Gasteiger partial charge < -0.3 is 9.55 Å². The van der Waals surface area contributed by atoms with Crippen molar-refractivity contribution in [2.75, 3.05) is 0 Å². The third-order valence-electron chi connectivity index (χ3n) is 14.7. The van der Waals surface area contributed by atoms with Gasteiger partial charge in [0.2, 0.25) is 0 Å². The van der Waals surface area contributed by atoms with Crippen LogP contribution in [-0.4, -0.2) is 9.55 Å². The summed E-state index contributed by atoms with van der Waals surface area (Å²) in [5, 5.41) is 7.61. The van der Waals surface area contributed by atoms with Crippen LogP contribution in [0, 0.1) is 0 Å². The monoisotopic (exact) mass is 891 g/mol. The van der Waals surface area contributed by atoms with Gasteiger partial charge in [-0.1, -0.05) is 189 Å². The summed E-state index contributed by atoms with van der Waals surface area (Å²) in [6.45, 7) is 34.7. The van der Waals surface area contributed by atoms with E-state index in [1.807, 2.05) is 0 Å². The van der Waals surface area contributed by atoms with E-state index < -0.39 is 0 Å². The van der Waals surface area contributed by atoms with Crippen LogP contribution in [0.25, 0.3) is 93.5 Å². The van der Waals surface area contributed by atoms with Crippen molar-refractivity contribution in [2.45, 2.75) is 131 Å². The molecule has 2 aromatic heterocycles. The second-order valence-electron chi connectivity index (χ2n) is 25.0. The van der Waals surface area contributed by atoms with Crippen molar-refractivity contribution in [3.05, 3.63) is 173 Å². The van der Waals surface area contributed by atoms with Crippen LogP contribution >= 0.6 is 0 Å². The van der Waals surface area contributed by atoms with Crippen molar-refractivity contribution >= 4 is 54.4 Å². The van der Waals surface area contributed by atoms with E-state index in [1.165, 1.54) is 110 Å². The number of aromatic amines is 1. The van der Waals surface area contributed by atoms with E-state index in [2.05, 4.69) is 259 Å². The molecule has 0 spiro atoms. The molecule has 0 bridgehead atoms. The molecule has 0 saturated heterocycles. The first-order valence-corrected chi connectivity index (χ1v) is 24.8. The quantitative estimate of drug-likeness (QED) is 0.182. The number of nitrogens with zero attached hydrogens (tertiary/aromatic N) is 1. The van der Waals surface area contributed by atoms with Gasteiger partial charge >= 0.3 is 0 Å². The molecule has 0 saturated carbocycles. The molecule has 0 amide bonds. The highest BCUT2D eigenvalue weighted by Crippen LogP contribution is 2.45. The van der Waals surface area contributed by atoms with Crippen LogP contribution in [0.3, 0.4) is 0 Å². The predicted octanol–water partition coefficient (Wildman–Crippen LogP) is 19.1. The van der Waals surface area contributed by atoms with Gasteiger partial charge in [-0.3, -0.25) is 0 Å². The van der Waals surface area contributed by atoms with E-state index in [0.717, 1.165) is 11.0 Å². The lowest BCUT2D eigenvalue weighted by molar-refractivity contribution is 0.590. The molecule has 1 N–H and O–H groups in total. The Morgan fingerprint density at radius 1 is 0.338 bits per heavy atom. The third-order valence-corrected chi connectivity index (χ3v) is 14.7. The van der Waals surface area contributed by atoms with Crippen LogP contribution in [0.4, 0.5) is 0 Å². The first kappa shape index (κ1) is 45.4. The number of H-pyrrole nitrogens is 1. The highest BCUT2D eigenvalue weighted by atomic mass is 15.0. The van der Waals surface area contributed by atoms with Crippen LogP contribution in [0.2, 0.25) is 0 Å². The summed E-state index contributed by atoms with van der Waals surface area (Å²) in [4.78, 5) is 4.02. The number of nitrogens with one attached hydrogen (secondary N) is 1. The standard InChI is InChI=1S/C66H70N2/c1-62(2,3)46-23-19-40(20-24-46)44-35-53(61-56(36-44)60-52-27-21-42(31-43(52)22-28-57(60)67-61)41-17-16-18-47(32-41)63(4,5)6)45-33-50(66(13,14)15)37-51(34-45)68-58-29-25-48(64(7,8)9)38-54(58)55-39-49(65(10,11)12)26-30-59(55)68/h16-39,67H,1-15H3. The fourth-order valence-corrected chi connectivity index (χ4v) is 10.3. The molecule has 2 heteroatoms. The van der Waals surface area contributed by atoms with Gasteiger partial charge in [0.15, 0.2) is 0 Å². The Labute approximate surface area is 405 Å². The number of rotatable bonds is 4. The molecule has 2 heterocycles. The molecule has 10 rings (SSSR count). The zero-order valence-corrected chi connectivity index (χ0v) is 43.3. The van der Waals surface area contributed by atoms with Crippen molar-refractivity contribution < 1.29 is 0 Å². The van der Waals surface area contributed by atoms with Gasteiger partial charge in [0, 0.05) is 38.3 Å². The van der Waals surface area contributed by atoms with Crippen LogP contribution in [-0.2, 0) is 27.1 Å². The SMILES string of the molecule is CC(C)(C)c1ccc(-c2cc(-c3cc(-n4c5ccc(C(C)(C)C)cc5c5cc(C(C)(C)C)ccc54)cc(C(C)(C)C)c3)c3[nH]c4ccc5cc(-c6cccc(C(C)(C)C)c6)ccc5c4c3c2)cc1. The lowest BCUT2D eigenvalue weighted by atomic mass is 9.84. The number of fused-ring (bicyclic) bond motifs is 8. The van der Waals surface area contributed by atoms with E-state index in [9.17, 15) is 0 Å². The van der Waals surface area contributed by atoms with Crippen LogP contribution in [0.5, 0.6) is 0 Å². The van der Waals surface area contributed by atoms with E-state index in [4.69, 9.17) is 0 Å². The lowest BCUT2D eigenvalue weighted by Crippen LogP contribution is -2.12. The molecule has 0 aliphatic heterocycles. The Kier molecular flexibility index (Phi) is 10.4. The van der Waals surface area contributed by atoms with Gasteiger partial charge in [-0.15, -0.1) is 0 Å². The van der Waals surface area contributed by atoms with E-state index >= 15 is 0 Å². The van der Waals surface area contributed by atoms with Crippen molar-refractivity contribution in [2.24, 2.45) is 0 Å². The Balaban J connectivity index is 1.25. The minimum atomic E-state index is -0.109. The minimum Gasteiger partial charge on any atom is -0.354 e. The first-order valence-electron chi connectivity index (χ1n) is 24.8. The molecule has 0 aliphatic rings. The normalized spacial score (nSPS) is 13.2. The maximum atomic E-state index is 4.02. The van der Waals surface area contributed by atoms with Crippen molar-refractivity contribution in [1.29, 1.82) is 0 Å². The van der Waals surface area contributed by atoms with Crippen molar-refractivity contribution in [3.8, 4) is 39.1 Å². The van der Waals surface area contributed by atoms with E-state index in [0.29, 0.717) is 0 Å². The molecule has 0 aliphatic carbocycles. The topological polar surface area (TPSA) is 20.7 Å². The molecule has 0 unspecified atom stereocenters. The molecule has 0 atom stereocenters. The van der Waals surface area contributed by atoms with Crippen LogP contribution in [0.15, 0.2) is 146 Å². The summed E-state index contributed by atoms with van der Waals surface area (Å²) in [5.41, 5.74) is 20.1. The van der Waals surface area contributed by atoms with Crippen LogP contribution in [0.1, 0.15) is 132 Å². The third kappa shape index (κ3) is 8.04. The average molecular weight is 891 g/mol. The Morgan fingerprint density at radius 2 is 0.868 bits per heavy atom. The maximum Gasteiger partial charge on any atom is 0.0545 e. The second kappa shape index (κ2) is 15.6. The summed E-state index contributed by atoms with van der Waals surface area (Å²) >= 11 is 0. The largest absolute Gasteiger partial charge is 0.354 e. The van der Waals surface area contributed by atoms with Crippen molar-refractivity contribution in [3.63, 3.8) is 0 Å². The Hall–Kier alpha value is -6.38. The molecular weight excluding hydrogens is 821 g/mol. The fraction of sp³-hybridized carbons (Fsp3) is 0.303. The molecule has 344 valence electrons. The zero-order valence-electron chi connectivity index (χ0n) is 43.3. The van der Waals surface area contributed by atoms with Gasteiger partial charge in [0.1, 0.15) is 0 Å². The summed E-state index contributed by atoms with van der Waals surface area (Å²) in [6.07, 6.45) is 0. The number of hydrogen-bond donors (Lipinski definition) is 1. The highest BCUT2D eigenvalue weighted by molar-refractivity contribution is 6.23. The molecular formula is C66H70N2. The van der Waals surface area contributed by atoms with Gasteiger partial charge in [-0.05, 0) is 154 Å². The molecule has 0 radical (unpaired) electrons. The fourth-order valence-electron chi connectivity index (χ4n) is 10.3. The van der Waals surface area contributed by atoms with Crippen LogP contribution < -0.4 is 0 Å². The van der Waals surface area contributed by atoms with Gasteiger partial charge in [-0.2, -0.15) is 0 Å².